The summed E-state index contributed by atoms with van der Waals surface area (Å²) >= 11 is 3.31. The normalized spacial score (nSPS) is 12.3. The van der Waals surface area contributed by atoms with Crippen LogP contribution in [0, 0.1) is 0 Å². The molecular formula is C15H12BrNO. The molecule has 0 fully saturated rings. The summed E-state index contributed by atoms with van der Waals surface area (Å²) in [5.41, 5.74) is 2.33. The molecule has 0 saturated carbocycles. The highest BCUT2D eigenvalue weighted by molar-refractivity contribution is 9.10. The highest BCUT2D eigenvalue weighted by Crippen LogP contribution is 2.21. The zero-order chi connectivity index (χ0) is 13.0. The number of benzene rings is 2. The Morgan fingerprint density at radius 3 is 1.94 bits per heavy atom. The van der Waals surface area contributed by atoms with Gasteiger partial charge in [0.15, 0.2) is 0 Å². The third-order valence-corrected chi connectivity index (χ3v) is 3.02. The molecule has 2 aromatic rings. The Labute approximate surface area is 114 Å². The van der Waals surface area contributed by atoms with Crippen LogP contribution in [0.3, 0.4) is 0 Å². The van der Waals surface area contributed by atoms with Crippen molar-refractivity contribution in [3.63, 3.8) is 0 Å². The topological polar surface area (TPSA) is 29.1 Å². The zero-order valence-corrected chi connectivity index (χ0v) is 11.3. The van der Waals surface area contributed by atoms with E-state index in [4.69, 9.17) is 0 Å². The highest BCUT2D eigenvalue weighted by atomic mass is 79.9. The van der Waals surface area contributed by atoms with Gasteiger partial charge >= 0.3 is 0 Å². The summed E-state index contributed by atoms with van der Waals surface area (Å²) in [5, 5.41) is 2.65. The van der Waals surface area contributed by atoms with E-state index in [2.05, 4.69) is 27.8 Å². The fourth-order valence-corrected chi connectivity index (χ4v) is 1.94. The molecule has 1 aliphatic rings. The minimum Gasteiger partial charge on any atom is -0.322 e. The number of nitrogens with one attached hydrogen (secondary N) is 1. The number of carbonyl (C=O) groups is 1. The molecule has 1 N–H and O–H groups in total. The molecule has 0 saturated heterocycles. The Morgan fingerprint density at radius 1 is 0.889 bits per heavy atom. The van der Waals surface area contributed by atoms with E-state index < -0.39 is 0 Å². The van der Waals surface area contributed by atoms with E-state index in [1.54, 1.807) is 6.07 Å². The Morgan fingerprint density at radius 2 is 1.44 bits per heavy atom. The van der Waals surface area contributed by atoms with E-state index in [-0.39, 0.29) is 5.91 Å². The lowest BCUT2D eigenvalue weighted by Crippen LogP contribution is -2.11. The first-order chi connectivity index (χ1) is 8.68. The average Bonchev–Trinajstić information content (AvgIpc) is 2.68. The fraction of sp³-hybridized carbons (Fsp3) is 0. The molecule has 0 aromatic heterocycles. The van der Waals surface area contributed by atoms with Gasteiger partial charge in [-0.3, -0.25) is 4.79 Å². The molecule has 2 nitrogen and oxygen atoms in total. The fourth-order valence-electron chi connectivity index (χ4n) is 1.63. The summed E-state index contributed by atoms with van der Waals surface area (Å²) in [5.74, 6) is -0.0504. The lowest BCUT2D eigenvalue weighted by atomic mass is 10.1. The Balaban J connectivity index is 0.000000149. The number of hydrogen-bond donors (Lipinski definition) is 1. The third kappa shape index (κ3) is 2.87. The van der Waals surface area contributed by atoms with Crippen molar-refractivity contribution in [1.29, 1.82) is 0 Å². The van der Waals surface area contributed by atoms with E-state index in [9.17, 15) is 4.79 Å². The highest BCUT2D eigenvalue weighted by Gasteiger charge is 2.20. The smallest absolute Gasteiger partial charge is 0.256 e. The quantitative estimate of drug-likeness (QED) is 0.787. The SMILES string of the molecule is Brc1ccccc1.C=C1NC(=O)c2ccccc21. The van der Waals surface area contributed by atoms with Crippen LogP contribution in [0.15, 0.2) is 65.6 Å². The molecule has 3 rings (SSSR count). The van der Waals surface area contributed by atoms with Gasteiger partial charge in [0.25, 0.3) is 5.91 Å². The monoisotopic (exact) mass is 301 g/mol. The molecule has 1 amide bonds. The second kappa shape index (κ2) is 5.65. The van der Waals surface area contributed by atoms with Gasteiger partial charge in [0.2, 0.25) is 0 Å². The summed E-state index contributed by atoms with van der Waals surface area (Å²) in [6.45, 7) is 3.71. The van der Waals surface area contributed by atoms with Crippen LogP contribution in [0.4, 0.5) is 0 Å². The first kappa shape index (κ1) is 12.6. The third-order valence-electron chi connectivity index (χ3n) is 2.49. The van der Waals surface area contributed by atoms with Crippen LogP contribution in [0.1, 0.15) is 15.9 Å². The lowest BCUT2D eigenvalue weighted by Gasteiger charge is -1.92. The molecule has 2 aromatic carbocycles. The van der Waals surface area contributed by atoms with Gasteiger partial charge in [-0.15, -0.1) is 0 Å². The van der Waals surface area contributed by atoms with Crippen LogP contribution in [0.25, 0.3) is 5.70 Å². The molecule has 0 radical (unpaired) electrons. The molecule has 18 heavy (non-hydrogen) atoms. The number of halogens is 1. The van der Waals surface area contributed by atoms with Crippen molar-refractivity contribution in [1.82, 2.24) is 5.32 Å². The minimum absolute atomic E-state index is 0.0504. The summed E-state index contributed by atoms with van der Waals surface area (Å²) in [7, 11) is 0. The van der Waals surface area contributed by atoms with Crippen molar-refractivity contribution < 1.29 is 4.79 Å². The van der Waals surface area contributed by atoms with Crippen molar-refractivity contribution in [2.75, 3.05) is 0 Å². The largest absolute Gasteiger partial charge is 0.322 e. The maximum absolute atomic E-state index is 11.1. The van der Waals surface area contributed by atoms with Gasteiger partial charge in [-0.05, 0) is 18.2 Å². The summed E-state index contributed by atoms with van der Waals surface area (Å²) < 4.78 is 1.13. The first-order valence-electron chi connectivity index (χ1n) is 5.48. The van der Waals surface area contributed by atoms with Gasteiger partial charge < -0.3 is 5.32 Å². The number of rotatable bonds is 0. The van der Waals surface area contributed by atoms with Crippen molar-refractivity contribution in [2.24, 2.45) is 0 Å². The molecule has 1 aliphatic heterocycles. The summed E-state index contributed by atoms with van der Waals surface area (Å²) in [6.07, 6.45) is 0. The van der Waals surface area contributed by atoms with Crippen LogP contribution in [-0.4, -0.2) is 5.91 Å². The molecule has 0 atom stereocenters. The predicted molar refractivity (Wildman–Crippen MR) is 77.1 cm³/mol. The minimum atomic E-state index is -0.0504. The molecule has 1 heterocycles. The van der Waals surface area contributed by atoms with Crippen LogP contribution in [-0.2, 0) is 0 Å². The van der Waals surface area contributed by atoms with Gasteiger partial charge in [-0.25, -0.2) is 0 Å². The van der Waals surface area contributed by atoms with E-state index in [1.165, 1.54) is 0 Å². The van der Waals surface area contributed by atoms with Crippen LogP contribution in [0.2, 0.25) is 0 Å². The number of hydrogen-bond acceptors (Lipinski definition) is 1. The van der Waals surface area contributed by atoms with Gasteiger partial charge in [0, 0.05) is 21.3 Å². The van der Waals surface area contributed by atoms with Crippen LogP contribution >= 0.6 is 15.9 Å². The van der Waals surface area contributed by atoms with E-state index >= 15 is 0 Å². The molecule has 0 bridgehead atoms. The Hall–Kier alpha value is -1.87. The zero-order valence-electron chi connectivity index (χ0n) is 9.69. The maximum Gasteiger partial charge on any atom is 0.256 e. The summed E-state index contributed by atoms with van der Waals surface area (Å²) in [4.78, 5) is 11.1. The molecule has 0 spiro atoms. The number of carbonyl (C=O) groups excluding carboxylic acids is 1. The standard InChI is InChI=1S/C9H7NO.C6H5Br/c1-6-7-4-2-3-5-8(7)9(11)10-6;7-6-4-2-1-3-5-6/h2-5H,1H2,(H,10,11);1-5H. The van der Waals surface area contributed by atoms with Gasteiger partial charge in [0.1, 0.15) is 0 Å². The summed E-state index contributed by atoms with van der Waals surface area (Å²) in [6, 6.07) is 17.4. The second-order valence-corrected chi connectivity index (χ2v) is 4.69. The van der Waals surface area contributed by atoms with E-state index in [1.807, 2.05) is 48.5 Å². The Bertz CT molecular complexity index is 545. The second-order valence-electron chi connectivity index (χ2n) is 3.77. The molecule has 0 unspecified atom stereocenters. The predicted octanol–water partition coefficient (Wildman–Crippen LogP) is 3.85. The van der Waals surface area contributed by atoms with Crippen LogP contribution in [0.5, 0.6) is 0 Å². The molecule has 90 valence electrons. The van der Waals surface area contributed by atoms with Crippen molar-refractivity contribution >= 4 is 27.5 Å². The van der Waals surface area contributed by atoms with Gasteiger partial charge in [-0.1, -0.05) is 58.9 Å². The maximum atomic E-state index is 11.1. The van der Waals surface area contributed by atoms with Crippen LogP contribution < -0.4 is 5.32 Å². The van der Waals surface area contributed by atoms with Crippen molar-refractivity contribution in [3.05, 3.63) is 76.8 Å². The lowest BCUT2D eigenvalue weighted by molar-refractivity contribution is 0.0981. The molecular weight excluding hydrogens is 290 g/mol. The Kier molecular flexibility index (Phi) is 3.95. The van der Waals surface area contributed by atoms with E-state index in [0.29, 0.717) is 5.70 Å². The van der Waals surface area contributed by atoms with Crippen molar-refractivity contribution in [2.45, 2.75) is 0 Å². The molecule has 3 heteroatoms. The molecule has 0 aliphatic carbocycles. The average molecular weight is 302 g/mol. The number of amides is 1. The first-order valence-corrected chi connectivity index (χ1v) is 6.28. The van der Waals surface area contributed by atoms with Crippen molar-refractivity contribution in [3.8, 4) is 0 Å². The van der Waals surface area contributed by atoms with E-state index in [0.717, 1.165) is 15.6 Å². The number of fused-ring (bicyclic) bond motifs is 1. The van der Waals surface area contributed by atoms with Gasteiger partial charge in [0.05, 0.1) is 0 Å². The van der Waals surface area contributed by atoms with Gasteiger partial charge in [-0.2, -0.15) is 0 Å².